The second-order valence-electron chi connectivity index (χ2n) is 4.55. The van der Waals surface area contributed by atoms with Gasteiger partial charge in [0.05, 0.1) is 12.1 Å². The zero-order valence-electron chi connectivity index (χ0n) is 10.7. The predicted molar refractivity (Wildman–Crippen MR) is 66.2 cm³/mol. The third-order valence-corrected chi connectivity index (χ3v) is 3.07. The molecule has 1 heterocycles. The van der Waals surface area contributed by atoms with Crippen LogP contribution in [0.2, 0.25) is 0 Å². The molecule has 0 aromatic heterocycles. The van der Waals surface area contributed by atoms with Crippen LogP contribution in [0, 0.1) is 11.3 Å². The van der Waals surface area contributed by atoms with Crippen molar-refractivity contribution in [3.8, 4) is 6.07 Å². The van der Waals surface area contributed by atoms with Crippen molar-refractivity contribution in [2.45, 2.75) is 44.7 Å². The first kappa shape index (κ1) is 14.5. The van der Waals surface area contributed by atoms with Gasteiger partial charge >= 0.3 is 0 Å². The zero-order valence-corrected chi connectivity index (χ0v) is 10.7. The first-order valence-electron chi connectivity index (χ1n) is 6.26. The van der Waals surface area contributed by atoms with Crippen molar-refractivity contribution in [3.05, 3.63) is 0 Å². The number of hydrogen-bond donors (Lipinski definition) is 2. The third kappa shape index (κ3) is 4.00. The minimum Gasteiger partial charge on any atom is -0.356 e. The summed E-state index contributed by atoms with van der Waals surface area (Å²) in [6, 6.07) is 1.23. The second kappa shape index (κ2) is 6.97. The van der Waals surface area contributed by atoms with Crippen LogP contribution in [0.5, 0.6) is 0 Å². The molecule has 1 rings (SSSR count). The molecule has 0 aromatic rings. The molecule has 0 saturated carbocycles. The van der Waals surface area contributed by atoms with Gasteiger partial charge in [0.2, 0.25) is 11.8 Å². The Hall–Kier alpha value is -1.61. The monoisotopic (exact) mass is 252 g/mol. The van der Waals surface area contributed by atoms with Crippen LogP contribution in [-0.2, 0) is 9.59 Å². The molecule has 0 unspecified atom stereocenters. The van der Waals surface area contributed by atoms with Gasteiger partial charge in [-0.2, -0.15) is 5.26 Å². The minimum absolute atomic E-state index is 0.0843. The smallest absolute Gasteiger partial charge is 0.240 e. The Morgan fingerprint density at radius 2 is 2.33 bits per heavy atom. The first-order valence-corrected chi connectivity index (χ1v) is 6.26. The number of nitrogens with two attached hydrogens (primary N) is 1. The number of nitrogens with zero attached hydrogens (tertiary/aromatic N) is 2. The Morgan fingerprint density at radius 3 is 2.94 bits per heavy atom. The van der Waals surface area contributed by atoms with Crippen molar-refractivity contribution < 1.29 is 9.59 Å². The summed E-state index contributed by atoms with van der Waals surface area (Å²) in [5.41, 5.74) is 5.82. The summed E-state index contributed by atoms with van der Waals surface area (Å²) in [5.74, 6) is -0.235. The molecule has 6 heteroatoms. The average molecular weight is 252 g/mol. The highest BCUT2D eigenvalue weighted by molar-refractivity contribution is 5.82. The lowest BCUT2D eigenvalue weighted by Crippen LogP contribution is -2.45. The molecule has 18 heavy (non-hydrogen) atoms. The summed E-state index contributed by atoms with van der Waals surface area (Å²) >= 11 is 0. The number of amides is 2. The fraction of sp³-hybridized carbons (Fsp3) is 0.750. The van der Waals surface area contributed by atoms with Gasteiger partial charge in [-0.1, -0.05) is 0 Å². The molecule has 2 atom stereocenters. The van der Waals surface area contributed by atoms with Gasteiger partial charge in [0, 0.05) is 20.0 Å². The molecule has 100 valence electrons. The fourth-order valence-corrected chi connectivity index (χ4v) is 2.09. The highest BCUT2D eigenvalue weighted by atomic mass is 16.2. The summed E-state index contributed by atoms with van der Waals surface area (Å²) in [6.45, 7) is 2.60. The van der Waals surface area contributed by atoms with E-state index in [1.165, 1.54) is 6.92 Å². The number of likely N-dealkylation sites (tertiary alicyclic amines) is 1. The highest BCUT2D eigenvalue weighted by Crippen LogP contribution is 2.17. The summed E-state index contributed by atoms with van der Waals surface area (Å²) in [5, 5.41) is 11.6. The highest BCUT2D eigenvalue weighted by Gasteiger charge is 2.31. The number of nitrogens with one attached hydrogen (secondary N) is 1. The van der Waals surface area contributed by atoms with E-state index >= 15 is 0 Å². The van der Waals surface area contributed by atoms with Crippen molar-refractivity contribution in [1.29, 1.82) is 5.26 Å². The normalized spacial score (nSPS) is 20.3. The van der Waals surface area contributed by atoms with E-state index in [0.29, 0.717) is 25.9 Å². The molecular formula is C12H20N4O2. The quantitative estimate of drug-likeness (QED) is 0.659. The van der Waals surface area contributed by atoms with Crippen molar-refractivity contribution in [2.24, 2.45) is 5.73 Å². The van der Waals surface area contributed by atoms with E-state index in [0.717, 1.165) is 12.8 Å². The van der Waals surface area contributed by atoms with Crippen LogP contribution >= 0.6 is 0 Å². The number of hydrogen-bond acceptors (Lipinski definition) is 4. The Kier molecular flexibility index (Phi) is 5.59. The minimum atomic E-state index is -0.576. The lowest BCUT2D eigenvalue weighted by molar-refractivity contribution is -0.132. The molecule has 0 aromatic carbocycles. The van der Waals surface area contributed by atoms with E-state index in [-0.39, 0.29) is 17.9 Å². The summed E-state index contributed by atoms with van der Waals surface area (Å²) in [4.78, 5) is 24.2. The molecule has 0 radical (unpaired) electrons. The van der Waals surface area contributed by atoms with Gasteiger partial charge in [-0.05, 0) is 25.7 Å². The van der Waals surface area contributed by atoms with Crippen LogP contribution in [0.4, 0.5) is 0 Å². The molecule has 2 amide bonds. The van der Waals surface area contributed by atoms with Crippen LogP contribution in [0.1, 0.15) is 32.6 Å². The number of carbonyl (C=O) groups excluding carboxylic acids is 2. The van der Waals surface area contributed by atoms with E-state index in [4.69, 9.17) is 11.0 Å². The SMILES string of the molecule is CC(=O)NCCC[C@H](N)C(=O)N1CCC[C@H]1C#N. The molecule has 3 N–H and O–H groups in total. The van der Waals surface area contributed by atoms with Crippen LogP contribution < -0.4 is 11.1 Å². The molecule has 0 aliphatic carbocycles. The predicted octanol–water partition coefficient (Wildman–Crippen LogP) is -0.255. The molecule has 1 saturated heterocycles. The summed E-state index contributed by atoms with van der Waals surface area (Å²) in [6.07, 6.45) is 2.79. The maximum absolute atomic E-state index is 12.0. The van der Waals surface area contributed by atoms with E-state index in [9.17, 15) is 9.59 Å². The molecule has 1 fully saturated rings. The second-order valence-corrected chi connectivity index (χ2v) is 4.55. The van der Waals surface area contributed by atoms with Crippen molar-refractivity contribution in [2.75, 3.05) is 13.1 Å². The molecule has 1 aliphatic heterocycles. The Balaban J connectivity index is 2.33. The van der Waals surface area contributed by atoms with Crippen LogP contribution in [-0.4, -0.2) is 41.9 Å². The van der Waals surface area contributed by atoms with Gasteiger partial charge in [0.25, 0.3) is 0 Å². The molecular weight excluding hydrogens is 232 g/mol. The first-order chi connectivity index (χ1) is 8.56. The zero-order chi connectivity index (χ0) is 13.5. The lowest BCUT2D eigenvalue weighted by atomic mass is 10.1. The average Bonchev–Trinajstić information content (AvgIpc) is 2.81. The van der Waals surface area contributed by atoms with Gasteiger partial charge in [0.1, 0.15) is 6.04 Å². The van der Waals surface area contributed by atoms with E-state index in [2.05, 4.69) is 11.4 Å². The van der Waals surface area contributed by atoms with E-state index < -0.39 is 6.04 Å². The van der Waals surface area contributed by atoms with Crippen LogP contribution in [0.15, 0.2) is 0 Å². The Morgan fingerprint density at radius 1 is 1.61 bits per heavy atom. The standard InChI is InChI=1S/C12H20N4O2/c1-9(17)15-6-2-5-11(14)12(18)16-7-3-4-10(16)8-13/h10-11H,2-7,14H2,1H3,(H,15,17)/t10-,11-/m0/s1. The van der Waals surface area contributed by atoms with Gasteiger partial charge in [-0.3, -0.25) is 9.59 Å². The number of nitriles is 1. The maximum Gasteiger partial charge on any atom is 0.240 e. The Labute approximate surface area is 107 Å². The fourth-order valence-electron chi connectivity index (χ4n) is 2.09. The van der Waals surface area contributed by atoms with Gasteiger partial charge in [-0.25, -0.2) is 0 Å². The van der Waals surface area contributed by atoms with Crippen molar-refractivity contribution in [1.82, 2.24) is 10.2 Å². The van der Waals surface area contributed by atoms with Gasteiger partial charge in [0.15, 0.2) is 0 Å². The molecule has 1 aliphatic rings. The lowest BCUT2D eigenvalue weighted by Gasteiger charge is -2.23. The Bertz CT molecular complexity index is 350. The molecule has 0 bridgehead atoms. The van der Waals surface area contributed by atoms with Crippen LogP contribution in [0.25, 0.3) is 0 Å². The largest absolute Gasteiger partial charge is 0.356 e. The molecule has 0 spiro atoms. The van der Waals surface area contributed by atoms with Crippen LogP contribution in [0.3, 0.4) is 0 Å². The summed E-state index contributed by atoms with van der Waals surface area (Å²) < 4.78 is 0. The van der Waals surface area contributed by atoms with E-state index in [1.807, 2.05) is 0 Å². The maximum atomic E-state index is 12.0. The summed E-state index contributed by atoms with van der Waals surface area (Å²) in [7, 11) is 0. The number of rotatable bonds is 5. The third-order valence-electron chi connectivity index (χ3n) is 3.07. The number of carbonyl (C=O) groups is 2. The van der Waals surface area contributed by atoms with Crippen molar-refractivity contribution in [3.63, 3.8) is 0 Å². The van der Waals surface area contributed by atoms with Crippen molar-refractivity contribution >= 4 is 11.8 Å². The molecule has 6 nitrogen and oxygen atoms in total. The topological polar surface area (TPSA) is 99.2 Å². The van der Waals surface area contributed by atoms with Gasteiger partial charge in [-0.15, -0.1) is 0 Å². The van der Waals surface area contributed by atoms with Gasteiger partial charge < -0.3 is 16.0 Å². The van der Waals surface area contributed by atoms with E-state index in [1.54, 1.807) is 4.90 Å².